The Balaban J connectivity index is 2.11. The van der Waals surface area contributed by atoms with Crippen LogP contribution in [0.4, 0.5) is 0 Å². The largest absolute Gasteiger partial charge is 0.355 e. The number of nitrogens with one attached hydrogen (secondary N) is 1. The van der Waals surface area contributed by atoms with Crippen molar-refractivity contribution < 1.29 is 4.79 Å². The molecule has 0 aliphatic rings. The number of hydrogen-bond donors (Lipinski definition) is 1. The first kappa shape index (κ1) is 12.1. The maximum Gasteiger partial charge on any atom is 0.251 e. The van der Waals surface area contributed by atoms with Crippen molar-refractivity contribution in [2.45, 2.75) is 0 Å². The van der Waals surface area contributed by atoms with E-state index in [1.54, 1.807) is 17.9 Å². The molecule has 4 heteroatoms. The fourth-order valence-corrected chi connectivity index (χ4v) is 1.61. The summed E-state index contributed by atoms with van der Waals surface area (Å²) in [5.74, 6) is -0.0715. The smallest absolute Gasteiger partial charge is 0.251 e. The molecule has 1 amide bonds. The van der Waals surface area contributed by atoms with Crippen molar-refractivity contribution in [3.63, 3.8) is 0 Å². The maximum atomic E-state index is 11.4. The van der Waals surface area contributed by atoms with Gasteiger partial charge in [0.2, 0.25) is 0 Å². The number of carbonyl (C=O) groups excluding carboxylic acids is 1. The topological polar surface area (TPSA) is 46.9 Å². The average Bonchev–Trinajstić information content (AvgIpc) is 2.82. The molecule has 1 N–H and O–H groups in total. The molecular formula is C14H15N3O. The second-order valence-corrected chi connectivity index (χ2v) is 3.98. The molecule has 1 aromatic carbocycles. The molecule has 0 unspecified atom stereocenters. The van der Waals surface area contributed by atoms with E-state index in [-0.39, 0.29) is 5.91 Å². The van der Waals surface area contributed by atoms with Crippen molar-refractivity contribution >= 4 is 18.1 Å². The summed E-state index contributed by atoms with van der Waals surface area (Å²) in [4.78, 5) is 11.4. The molecule has 0 aliphatic carbocycles. The molecule has 1 heterocycles. The van der Waals surface area contributed by atoms with Crippen LogP contribution < -0.4 is 5.32 Å². The van der Waals surface area contributed by atoms with Gasteiger partial charge in [-0.3, -0.25) is 9.48 Å². The summed E-state index contributed by atoms with van der Waals surface area (Å²) < 4.78 is 1.76. The van der Waals surface area contributed by atoms with Crippen molar-refractivity contribution in [3.8, 4) is 0 Å². The average molecular weight is 241 g/mol. The quantitative estimate of drug-likeness (QED) is 0.892. The molecule has 2 aromatic rings. The van der Waals surface area contributed by atoms with Crippen LogP contribution in [-0.2, 0) is 7.05 Å². The number of aromatic nitrogens is 2. The minimum atomic E-state index is -0.0715. The second kappa shape index (κ2) is 5.31. The van der Waals surface area contributed by atoms with Gasteiger partial charge in [-0.15, -0.1) is 0 Å². The van der Waals surface area contributed by atoms with Crippen LogP contribution in [0.3, 0.4) is 0 Å². The zero-order chi connectivity index (χ0) is 13.0. The highest BCUT2D eigenvalue weighted by Crippen LogP contribution is 2.09. The Hall–Kier alpha value is -2.36. The predicted octanol–water partition coefficient (Wildman–Crippen LogP) is 1.95. The maximum absolute atomic E-state index is 11.4. The van der Waals surface area contributed by atoms with E-state index in [9.17, 15) is 4.79 Å². The van der Waals surface area contributed by atoms with Gasteiger partial charge in [0, 0.05) is 31.4 Å². The fraction of sp³-hybridized carbons (Fsp3) is 0.143. The Morgan fingerprint density at radius 3 is 2.44 bits per heavy atom. The van der Waals surface area contributed by atoms with Crippen molar-refractivity contribution in [3.05, 3.63) is 53.3 Å². The molecule has 4 nitrogen and oxygen atoms in total. The molecule has 92 valence electrons. The molecule has 1 aromatic heterocycles. The van der Waals surface area contributed by atoms with E-state index in [4.69, 9.17) is 0 Å². The Kier molecular flexibility index (Phi) is 3.57. The molecule has 0 bridgehead atoms. The molecule has 0 saturated heterocycles. The van der Waals surface area contributed by atoms with Crippen molar-refractivity contribution in [2.24, 2.45) is 7.05 Å². The van der Waals surface area contributed by atoms with Crippen molar-refractivity contribution in [1.82, 2.24) is 15.1 Å². The number of hydrogen-bond acceptors (Lipinski definition) is 2. The van der Waals surface area contributed by atoms with Gasteiger partial charge in [-0.05, 0) is 17.7 Å². The van der Waals surface area contributed by atoms with E-state index >= 15 is 0 Å². The normalized spacial score (nSPS) is 10.8. The Morgan fingerprint density at radius 1 is 1.22 bits per heavy atom. The highest BCUT2D eigenvalue weighted by Gasteiger charge is 2.00. The lowest BCUT2D eigenvalue weighted by atomic mass is 10.1. The first-order valence-corrected chi connectivity index (χ1v) is 5.68. The molecule has 18 heavy (non-hydrogen) atoms. The van der Waals surface area contributed by atoms with E-state index < -0.39 is 0 Å². The highest BCUT2D eigenvalue weighted by molar-refractivity contribution is 5.94. The van der Waals surface area contributed by atoms with E-state index in [1.165, 1.54) is 0 Å². The molecular weight excluding hydrogens is 226 g/mol. The van der Waals surface area contributed by atoms with Gasteiger partial charge >= 0.3 is 0 Å². The van der Waals surface area contributed by atoms with Crippen LogP contribution in [0.15, 0.2) is 36.7 Å². The summed E-state index contributed by atoms with van der Waals surface area (Å²) in [5, 5.41) is 6.68. The van der Waals surface area contributed by atoms with Crippen LogP contribution >= 0.6 is 0 Å². The molecule has 0 fully saturated rings. The molecule has 0 atom stereocenters. The van der Waals surface area contributed by atoms with Crippen LogP contribution in [0.5, 0.6) is 0 Å². The Morgan fingerprint density at radius 2 is 1.89 bits per heavy atom. The van der Waals surface area contributed by atoms with Gasteiger partial charge in [-0.25, -0.2) is 0 Å². The summed E-state index contributed by atoms with van der Waals surface area (Å²) in [6, 6.07) is 7.44. The van der Waals surface area contributed by atoms with Gasteiger partial charge in [0.25, 0.3) is 5.91 Å². The summed E-state index contributed by atoms with van der Waals surface area (Å²) in [5.41, 5.74) is 2.76. The number of nitrogens with zero attached hydrogens (tertiary/aromatic N) is 2. The zero-order valence-corrected chi connectivity index (χ0v) is 10.4. The standard InChI is InChI=1S/C14H15N3O/c1-15-14(18)13-7-5-11(6-8-13)3-4-12-9-16-17(2)10-12/h3-10H,1-2H3,(H,15,18)/b4-3+. The monoisotopic (exact) mass is 241 g/mol. The Bertz CT molecular complexity index is 567. The van der Waals surface area contributed by atoms with Crippen LogP contribution in [-0.4, -0.2) is 22.7 Å². The first-order valence-electron chi connectivity index (χ1n) is 5.68. The molecule has 2 rings (SSSR count). The fourth-order valence-electron chi connectivity index (χ4n) is 1.61. The van der Waals surface area contributed by atoms with Crippen molar-refractivity contribution in [2.75, 3.05) is 7.05 Å². The van der Waals surface area contributed by atoms with Crippen LogP contribution in [0, 0.1) is 0 Å². The minimum absolute atomic E-state index is 0.0715. The van der Waals surface area contributed by atoms with Crippen molar-refractivity contribution in [1.29, 1.82) is 0 Å². The molecule has 0 saturated carbocycles. The third-order valence-corrected chi connectivity index (χ3v) is 2.59. The number of benzene rings is 1. The minimum Gasteiger partial charge on any atom is -0.355 e. The summed E-state index contributed by atoms with van der Waals surface area (Å²) in [7, 11) is 3.51. The highest BCUT2D eigenvalue weighted by atomic mass is 16.1. The summed E-state index contributed by atoms with van der Waals surface area (Å²) in [6.45, 7) is 0. The Labute approximate surface area is 106 Å². The third kappa shape index (κ3) is 2.85. The third-order valence-electron chi connectivity index (χ3n) is 2.59. The lowest BCUT2D eigenvalue weighted by Gasteiger charge is -1.99. The van der Waals surface area contributed by atoms with Gasteiger partial charge in [0.15, 0.2) is 0 Å². The molecule has 0 radical (unpaired) electrons. The molecule has 0 aliphatic heterocycles. The first-order chi connectivity index (χ1) is 8.69. The number of amides is 1. The van der Waals surface area contributed by atoms with Crippen LogP contribution in [0.2, 0.25) is 0 Å². The van der Waals surface area contributed by atoms with Crippen LogP contribution in [0.1, 0.15) is 21.5 Å². The SMILES string of the molecule is CNC(=O)c1ccc(/C=C/c2cnn(C)c2)cc1. The van der Waals surface area contributed by atoms with Crippen LogP contribution in [0.25, 0.3) is 12.2 Å². The number of carbonyl (C=O) groups is 1. The van der Waals surface area contributed by atoms with Gasteiger partial charge in [-0.1, -0.05) is 24.3 Å². The zero-order valence-electron chi connectivity index (χ0n) is 10.4. The van der Waals surface area contributed by atoms with E-state index in [0.29, 0.717) is 5.56 Å². The lowest BCUT2D eigenvalue weighted by Crippen LogP contribution is -2.17. The van der Waals surface area contributed by atoms with E-state index in [2.05, 4.69) is 10.4 Å². The number of aryl methyl sites for hydroxylation is 1. The summed E-state index contributed by atoms with van der Waals surface area (Å²) in [6.07, 6.45) is 7.72. The van der Waals surface area contributed by atoms with Gasteiger partial charge in [0.05, 0.1) is 6.20 Å². The van der Waals surface area contributed by atoms with E-state index in [1.807, 2.05) is 49.7 Å². The lowest BCUT2D eigenvalue weighted by molar-refractivity contribution is 0.0963. The summed E-state index contributed by atoms with van der Waals surface area (Å²) >= 11 is 0. The predicted molar refractivity (Wildman–Crippen MR) is 72.0 cm³/mol. The number of rotatable bonds is 3. The van der Waals surface area contributed by atoms with E-state index in [0.717, 1.165) is 11.1 Å². The van der Waals surface area contributed by atoms with Gasteiger partial charge < -0.3 is 5.32 Å². The van der Waals surface area contributed by atoms with Gasteiger partial charge in [0.1, 0.15) is 0 Å². The molecule has 0 spiro atoms. The second-order valence-electron chi connectivity index (χ2n) is 3.98. The van der Waals surface area contributed by atoms with Gasteiger partial charge in [-0.2, -0.15) is 5.10 Å².